The van der Waals surface area contributed by atoms with Gasteiger partial charge in [0.1, 0.15) is 165 Å². The Bertz CT molecular complexity index is 4750. The van der Waals surface area contributed by atoms with Crippen molar-refractivity contribution in [1.29, 1.82) is 0 Å². The summed E-state index contributed by atoms with van der Waals surface area (Å²) in [5.41, 5.74) is 17.0. The lowest BCUT2D eigenvalue weighted by molar-refractivity contribution is -0.403. The molecule has 23 heterocycles. The van der Waals surface area contributed by atoms with Crippen LogP contribution in [0.2, 0.25) is 0 Å². The number of nitrogens with zero attached hydrogens (tertiary/aromatic N) is 3. The fourth-order valence-corrected chi connectivity index (χ4v) is 23.9. The Morgan fingerprint density at radius 3 is 1.33 bits per heavy atom. The Balaban J connectivity index is 0.557. The van der Waals surface area contributed by atoms with E-state index >= 15 is 0 Å². The number of ether oxygens (including phenoxy) is 13. The van der Waals surface area contributed by atoms with E-state index in [1.807, 2.05) is 38.1 Å². The number of imide groups is 1. The van der Waals surface area contributed by atoms with E-state index in [4.69, 9.17) is 73.0 Å². The molecule has 3 aromatic rings. The van der Waals surface area contributed by atoms with Gasteiger partial charge in [-0.25, -0.2) is 4.68 Å². The molecule has 0 spiro atoms. The third-order valence-electron chi connectivity index (χ3n) is 32.0. The van der Waals surface area contributed by atoms with Crippen LogP contribution in [-0.2, 0) is 127 Å². The highest BCUT2D eigenvalue weighted by atomic mass is 16.8. The molecule has 1 aromatic heterocycles. The van der Waals surface area contributed by atoms with Crippen LogP contribution >= 0.6 is 0 Å². The summed E-state index contributed by atoms with van der Waals surface area (Å²) in [6.45, 7) is 7.62. The van der Waals surface area contributed by atoms with Crippen LogP contribution in [0.1, 0.15) is 191 Å². The van der Waals surface area contributed by atoms with E-state index in [1.54, 1.807) is 20.8 Å². The van der Waals surface area contributed by atoms with Crippen LogP contribution in [0.3, 0.4) is 0 Å². The van der Waals surface area contributed by atoms with Crippen molar-refractivity contribution in [3.8, 4) is 0 Å². The lowest BCUT2D eigenvalue weighted by atomic mass is 9.49. The van der Waals surface area contributed by atoms with Gasteiger partial charge in [0, 0.05) is 30.3 Å². The fraction of sp³-hybridized carbons (Fsp3) is 0.789. The number of hydrogen-bond acceptors (Lipinski definition) is 40. The number of aryl methyl sites for hydroxylation is 2. The van der Waals surface area contributed by atoms with E-state index in [9.17, 15) is 116 Å². The summed E-state index contributed by atoms with van der Waals surface area (Å²) in [6.07, 6.45) is -50.8. The minimum absolute atomic E-state index is 0.0229. The smallest absolute Gasteiger partial charge is 0.246 e. The molecule has 12 bridgehead atoms. The van der Waals surface area contributed by atoms with E-state index in [1.165, 1.54) is 15.8 Å². The standard InChI is InChI=1S/C95H143N9O36/c1-41(2)62(51(110)31-42(3)82(124)99-46-23-19-44-21-25-60-93(5,48(44)33-46)27-14-29-95(60,7)91(127)101-90(126)94(6)28-13-26-92(4)47-32-45(96)22-18-43(47)20-24-59(92)94)100-83(125)49(97)15-11-12-30-98-61(111)40-128-52-17-10-8-9-16-50-63(52)102-103-104(50)34-53-76-64(112)70(118)84(129-53)136-77-54(35-105)131-86(72(120)66(77)114)138-79-56(37-107)133-88(74(122)68(79)116)140-81-58(39-109)134-89(75(123)69(81)117)139-80-57(38-108)132-87(73(121)67(80)115)137-78-55(36-106)130-85(135-76)71(119)65(78)113/h18-19,22-23,32-33,41-42,49,52-60,62,64-81,84-89,105-109,112-123H,8-17,20-21,24-31,34-40,96-97H2,1-7H3,(H,98,111)(H,99,124)(H,100,125)(H,101,126,127)/t42-,49-,52?,53?,54?,55?,56?,57?,58?,59-,60-,62+,64?,65?,66?,67?,68?,69?,70?,71?,72?,73?,74?,75?,76?,77?,78?,79?,80?,81?,84?,85?,86?,87?,88?,89?,92-,93-,94+,95+/m1/s1. The maximum atomic E-state index is 14.9. The van der Waals surface area contributed by atoms with E-state index in [2.05, 4.69) is 57.6 Å². The van der Waals surface area contributed by atoms with Crippen LogP contribution in [-0.4, -0.2) is 380 Å². The number of aliphatic hydroxyl groups is 17. The number of ketones is 1. The van der Waals surface area contributed by atoms with Crippen LogP contribution < -0.4 is 32.7 Å². The largest absolute Gasteiger partial charge is 0.399 e. The third kappa shape index (κ3) is 21.6. The second-order valence-electron chi connectivity index (χ2n) is 41.5. The summed E-state index contributed by atoms with van der Waals surface area (Å²) < 4.78 is 79.1. The van der Waals surface area contributed by atoms with Crippen molar-refractivity contribution in [2.24, 2.45) is 40.2 Å². The van der Waals surface area contributed by atoms with Gasteiger partial charge in [-0.2, -0.15) is 0 Å². The Kier molecular flexibility index (Phi) is 34.6. The van der Waals surface area contributed by atoms with E-state index in [0.29, 0.717) is 74.9 Å². The minimum atomic E-state index is -2.26. The zero-order valence-corrected chi connectivity index (χ0v) is 79.8. The number of amides is 5. The summed E-state index contributed by atoms with van der Waals surface area (Å²) >= 11 is 0. The number of aliphatic hydroxyl groups excluding tert-OH is 17. The number of nitrogen functional groups attached to an aromatic ring is 1. The predicted octanol–water partition coefficient (Wildman–Crippen LogP) is -4.65. The van der Waals surface area contributed by atoms with Crippen molar-refractivity contribution < 1.29 is 177 Å². The molecule has 2 aromatic carbocycles. The molecule has 22 aliphatic heterocycles. The number of nitrogens with two attached hydrogens (primary N) is 2. The summed E-state index contributed by atoms with van der Waals surface area (Å²) in [5.74, 6) is -3.60. The molecule has 5 aliphatic carbocycles. The number of aromatic nitrogens is 3. The van der Waals surface area contributed by atoms with Gasteiger partial charge >= 0.3 is 0 Å². The van der Waals surface area contributed by atoms with Crippen LogP contribution in [0.5, 0.6) is 0 Å². The first kappa shape index (κ1) is 108. The summed E-state index contributed by atoms with van der Waals surface area (Å²) in [5, 5.41) is 215. The van der Waals surface area contributed by atoms with Crippen LogP contribution in [0.15, 0.2) is 36.4 Å². The normalized spacial score (nSPS) is 41.3. The second-order valence-corrected chi connectivity index (χ2v) is 41.5. The van der Waals surface area contributed by atoms with Crippen molar-refractivity contribution >= 4 is 46.7 Å². The summed E-state index contributed by atoms with van der Waals surface area (Å²) in [7, 11) is 0. The Labute approximate surface area is 809 Å². The highest BCUT2D eigenvalue weighted by molar-refractivity contribution is 6.01. The Morgan fingerprint density at radius 2 is 0.900 bits per heavy atom. The van der Waals surface area contributed by atoms with Crippen molar-refractivity contribution in [1.82, 2.24) is 30.9 Å². The number of anilines is 2. The average molecular weight is 1990 g/mol. The van der Waals surface area contributed by atoms with E-state index in [-0.39, 0.29) is 72.3 Å². The number of nitrogens with one attached hydrogen (secondary N) is 4. The highest BCUT2D eigenvalue weighted by Gasteiger charge is 2.63. The molecule has 140 heavy (non-hydrogen) atoms. The molecule has 31 unspecified atom stereocenters. The topological polar surface area (TPSA) is 697 Å². The van der Waals surface area contributed by atoms with E-state index < -0.39 is 288 Å². The van der Waals surface area contributed by atoms with Gasteiger partial charge < -0.3 is 176 Å². The van der Waals surface area contributed by atoms with Gasteiger partial charge in [0.15, 0.2) is 43.5 Å². The lowest BCUT2D eigenvalue weighted by Crippen LogP contribution is -2.69. The molecule has 30 rings (SSSR count). The number of rotatable bonds is 25. The highest BCUT2D eigenvalue weighted by Crippen LogP contribution is 2.61. The number of fused-ring (bicyclic) bond motifs is 7. The van der Waals surface area contributed by atoms with Gasteiger partial charge in [0.25, 0.3) is 0 Å². The molecule has 25 N–H and O–H groups in total. The molecule has 0 radical (unpaired) electrons. The molecular formula is C95H143N9O36. The van der Waals surface area contributed by atoms with Crippen LogP contribution in [0.4, 0.5) is 11.4 Å². The number of Topliss-reactive ketones (excluding diaryl/α,β-unsaturated/α-hetero) is 1. The second kappa shape index (κ2) is 45.0. The molecular weight excluding hydrogens is 1840 g/mol. The molecule has 45 nitrogen and oxygen atoms in total. The molecule has 27 aliphatic rings. The first-order chi connectivity index (χ1) is 66.6. The number of hydrogen-bond donors (Lipinski definition) is 23. The summed E-state index contributed by atoms with van der Waals surface area (Å²) in [6, 6.07) is 9.97. The maximum Gasteiger partial charge on any atom is 0.246 e. The monoisotopic (exact) mass is 1990 g/mol. The zero-order valence-electron chi connectivity index (χ0n) is 79.8. The van der Waals surface area contributed by atoms with Crippen molar-refractivity contribution in [2.75, 3.05) is 57.2 Å². The molecule has 784 valence electrons. The van der Waals surface area contributed by atoms with Gasteiger partial charge in [-0.1, -0.05) is 91.5 Å². The quantitative estimate of drug-likeness (QED) is 0.0215. The molecule has 40 atom stereocenters. The van der Waals surface area contributed by atoms with Crippen molar-refractivity contribution in [2.45, 2.75) is 390 Å². The molecule has 5 amide bonds. The zero-order chi connectivity index (χ0) is 101. The number of unbranched alkanes of at least 4 members (excludes halogenated alkanes) is 1. The van der Waals surface area contributed by atoms with Gasteiger partial charge in [0.2, 0.25) is 29.5 Å². The Hall–Kier alpha value is -6.64. The van der Waals surface area contributed by atoms with Crippen molar-refractivity contribution in [3.63, 3.8) is 0 Å². The molecule has 2 saturated carbocycles. The number of carbonyl (C=O) groups excluding carboxylic acids is 6. The first-order valence-corrected chi connectivity index (χ1v) is 49.3. The number of benzene rings is 2. The third-order valence-corrected chi connectivity index (χ3v) is 32.0. The Morgan fingerprint density at radius 1 is 0.486 bits per heavy atom. The lowest BCUT2D eigenvalue weighted by Gasteiger charge is -2.56. The molecule has 45 heteroatoms. The maximum absolute atomic E-state index is 14.9. The van der Waals surface area contributed by atoms with Crippen molar-refractivity contribution in [3.05, 3.63) is 70.0 Å². The van der Waals surface area contributed by atoms with Gasteiger partial charge in [-0.15, -0.1) is 5.10 Å². The first-order valence-electron chi connectivity index (χ1n) is 49.3. The molecule has 22 saturated heterocycles. The minimum Gasteiger partial charge on any atom is -0.399 e. The summed E-state index contributed by atoms with van der Waals surface area (Å²) in [4.78, 5) is 85.3. The fourth-order valence-electron chi connectivity index (χ4n) is 23.9. The van der Waals surface area contributed by atoms with Crippen LogP contribution in [0, 0.1) is 34.5 Å². The van der Waals surface area contributed by atoms with Crippen LogP contribution in [0.25, 0.3) is 0 Å². The van der Waals surface area contributed by atoms with Gasteiger partial charge in [-0.05, 0) is 165 Å². The SMILES string of the molecule is CC(C)[C@H](NC(=O)[C@H](N)CCCCNC(=O)COC1CCCCCc2c1nnn2CC1OC2OC3C(CO)OC(OC4C(CO)OC(OC5C(CO)OC(OC6C(CO)OC(OC7C(CO)OC(OC1C(O)C2O)C(O)C7O)C(O)C6O)C(O)C5O)C(O)C4O)C(O)C3O)C(=O)C[C@@H](C)C(=O)Nc1ccc2c(c1)[C@@]1(C)CCC[C@](C)(C(=O)NC(=O)[C@@]3(C)CCC[C@]4(C)c5cc(N)ccc5CC[C@@H]34)[C@@H]1CC2. The van der Waals surface area contributed by atoms with Gasteiger partial charge in [-0.3, -0.25) is 34.1 Å². The van der Waals surface area contributed by atoms with Gasteiger partial charge in [0.05, 0.1) is 68.2 Å². The van der Waals surface area contributed by atoms with E-state index in [0.717, 1.165) is 56.1 Å². The average Bonchev–Trinajstić information content (AvgIpc) is 0.743. The predicted molar refractivity (Wildman–Crippen MR) is 481 cm³/mol. The number of carbonyl (C=O) groups is 6. The molecule has 24 fully saturated rings.